The van der Waals surface area contributed by atoms with Gasteiger partial charge in [-0.3, -0.25) is 10.0 Å². The van der Waals surface area contributed by atoms with Gasteiger partial charge in [0.15, 0.2) is 0 Å². The summed E-state index contributed by atoms with van der Waals surface area (Å²) in [6.07, 6.45) is 1.30. The Morgan fingerprint density at radius 3 is 2.41 bits per heavy atom. The Morgan fingerprint density at radius 2 is 1.93 bits per heavy atom. The van der Waals surface area contributed by atoms with Crippen molar-refractivity contribution < 1.29 is 31.6 Å². The minimum absolute atomic E-state index is 0.0810. The molecular weight excluding hydrogens is 424 g/mol. The summed E-state index contributed by atoms with van der Waals surface area (Å²) in [7, 11) is -6.37. The van der Waals surface area contributed by atoms with Crippen LogP contribution in [-0.4, -0.2) is 81.6 Å². The van der Waals surface area contributed by atoms with Gasteiger partial charge in [-0.2, -0.15) is 8.61 Å². The number of rotatable bonds is 9. The van der Waals surface area contributed by atoms with Gasteiger partial charge in [0.25, 0.3) is 5.91 Å². The molecule has 0 bridgehead atoms. The van der Waals surface area contributed by atoms with E-state index in [4.69, 9.17) is 15.7 Å². The van der Waals surface area contributed by atoms with E-state index in [0.29, 0.717) is 12.2 Å². The number of ether oxygens (including phenoxy) is 1. The van der Waals surface area contributed by atoms with Crippen LogP contribution in [0.3, 0.4) is 0 Å². The van der Waals surface area contributed by atoms with Gasteiger partial charge in [0, 0.05) is 19.1 Å². The summed E-state index contributed by atoms with van der Waals surface area (Å²) in [5, 5.41) is 9.06. The molecule has 1 saturated heterocycles. The van der Waals surface area contributed by atoms with E-state index < -0.39 is 38.0 Å². The molecule has 1 aromatic rings. The molecule has 0 aliphatic carbocycles. The van der Waals surface area contributed by atoms with E-state index in [9.17, 15) is 21.6 Å². The first-order chi connectivity index (χ1) is 13.6. The number of sulfonamides is 2. The molecule has 0 radical (unpaired) electrons. The fourth-order valence-corrected chi connectivity index (χ4v) is 6.11. The predicted molar refractivity (Wildman–Crippen MR) is 104 cm³/mol. The van der Waals surface area contributed by atoms with Crippen molar-refractivity contribution in [2.45, 2.75) is 29.8 Å². The molecule has 4 N–H and O–H groups in total. The Bertz CT molecular complexity index is 919. The maximum absolute atomic E-state index is 13.1. The Labute approximate surface area is 170 Å². The van der Waals surface area contributed by atoms with Gasteiger partial charge >= 0.3 is 0 Å². The van der Waals surface area contributed by atoms with Gasteiger partial charge in [0.05, 0.1) is 18.3 Å². The Morgan fingerprint density at radius 1 is 1.31 bits per heavy atom. The number of amides is 1. The average molecular weight is 451 g/mol. The van der Waals surface area contributed by atoms with Gasteiger partial charge < -0.3 is 10.5 Å². The van der Waals surface area contributed by atoms with Crippen LogP contribution < -0.4 is 16.0 Å². The standard InChI is InChI=1S/C16H26N4O7S2/c1-27-13-4-6-14(7-5-13)29(25,26)20-11-12(10-15(20)16(21)18-22)19(9-3-8-17)28(2,23)24/h4-7,12,15,22H,3,8-11,17H2,1-2H3,(H,18,21)/t12-,15+/m0/s1. The third-order valence-electron chi connectivity index (χ3n) is 4.73. The van der Waals surface area contributed by atoms with E-state index in [0.717, 1.165) is 14.9 Å². The van der Waals surface area contributed by atoms with Gasteiger partial charge in [-0.15, -0.1) is 0 Å². The monoisotopic (exact) mass is 450 g/mol. The molecule has 0 aromatic heterocycles. The Balaban J connectivity index is 2.41. The molecular formula is C16H26N4O7S2. The first kappa shape index (κ1) is 23.5. The van der Waals surface area contributed by atoms with Crippen molar-refractivity contribution >= 4 is 26.0 Å². The second-order valence-electron chi connectivity index (χ2n) is 6.65. The summed E-state index contributed by atoms with van der Waals surface area (Å²) in [5.74, 6) is -0.477. The number of nitrogens with zero attached hydrogens (tertiary/aromatic N) is 2. The zero-order valence-corrected chi connectivity index (χ0v) is 17.8. The summed E-state index contributed by atoms with van der Waals surface area (Å²) < 4.78 is 57.8. The van der Waals surface area contributed by atoms with Crippen LogP contribution in [0.5, 0.6) is 5.75 Å². The minimum Gasteiger partial charge on any atom is -0.497 e. The largest absolute Gasteiger partial charge is 0.497 e. The maximum Gasteiger partial charge on any atom is 0.261 e. The molecule has 0 spiro atoms. The number of hydrogen-bond acceptors (Lipinski definition) is 8. The normalized spacial score (nSPS) is 20.7. The third kappa shape index (κ3) is 5.24. The summed E-state index contributed by atoms with van der Waals surface area (Å²) in [6.45, 7) is 0.126. The maximum atomic E-state index is 13.1. The molecule has 0 saturated carbocycles. The summed E-state index contributed by atoms with van der Waals surface area (Å²) in [6, 6.07) is 3.55. The van der Waals surface area contributed by atoms with Gasteiger partial charge in [0.1, 0.15) is 11.8 Å². The van der Waals surface area contributed by atoms with Crippen molar-refractivity contribution in [2.24, 2.45) is 5.73 Å². The highest BCUT2D eigenvalue weighted by Crippen LogP contribution is 2.30. The lowest BCUT2D eigenvalue weighted by molar-refractivity contribution is -0.132. The molecule has 1 amide bonds. The number of hydrogen-bond donors (Lipinski definition) is 3. The van der Waals surface area contributed by atoms with Crippen molar-refractivity contribution in [2.75, 3.05) is 33.0 Å². The molecule has 29 heavy (non-hydrogen) atoms. The van der Waals surface area contributed by atoms with E-state index in [2.05, 4.69) is 0 Å². The number of hydroxylamine groups is 1. The highest BCUT2D eigenvalue weighted by atomic mass is 32.2. The lowest BCUT2D eigenvalue weighted by Crippen LogP contribution is -2.45. The molecule has 2 rings (SSSR count). The molecule has 1 aliphatic heterocycles. The molecule has 1 fully saturated rings. The first-order valence-electron chi connectivity index (χ1n) is 8.83. The fourth-order valence-electron chi connectivity index (χ4n) is 3.32. The van der Waals surface area contributed by atoms with Crippen molar-refractivity contribution in [3.8, 4) is 5.75 Å². The SMILES string of the molecule is COc1ccc(S(=O)(=O)N2C[C@@H](N(CCCN)S(C)(=O)=O)C[C@@H]2C(=O)NO)cc1. The van der Waals surface area contributed by atoms with E-state index in [1.165, 1.54) is 36.9 Å². The van der Waals surface area contributed by atoms with Crippen LogP contribution in [0.15, 0.2) is 29.2 Å². The summed E-state index contributed by atoms with van der Waals surface area (Å²) in [5.41, 5.74) is 6.94. The van der Waals surface area contributed by atoms with E-state index in [1.807, 2.05) is 0 Å². The molecule has 1 heterocycles. The van der Waals surface area contributed by atoms with Crippen LogP contribution in [0.1, 0.15) is 12.8 Å². The van der Waals surface area contributed by atoms with Crippen LogP contribution in [0.25, 0.3) is 0 Å². The molecule has 1 aliphatic rings. The molecule has 164 valence electrons. The number of carbonyl (C=O) groups excluding carboxylic acids is 1. The van der Waals surface area contributed by atoms with Crippen LogP contribution >= 0.6 is 0 Å². The fraction of sp³-hybridized carbons (Fsp3) is 0.562. The number of nitrogens with two attached hydrogens (primary N) is 1. The van der Waals surface area contributed by atoms with Crippen LogP contribution in [0.2, 0.25) is 0 Å². The Kier molecular flexibility index (Phi) is 7.59. The van der Waals surface area contributed by atoms with E-state index in [1.54, 1.807) is 0 Å². The lowest BCUT2D eigenvalue weighted by Gasteiger charge is -2.26. The van der Waals surface area contributed by atoms with Crippen molar-refractivity contribution in [1.29, 1.82) is 0 Å². The second kappa shape index (κ2) is 9.36. The molecule has 13 heteroatoms. The topological polar surface area (TPSA) is 159 Å². The van der Waals surface area contributed by atoms with E-state index >= 15 is 0 Å². The van der Waals surface area contributed by atoms with Gasteiger partial charge in [0.2, 0.25) is 20.0 Å². The number of nitrogens with one attached hydrogen (secondary N) is 1. The highest BCUT2D eigenvalue weighted by molar-refractivity contribution is 7.89. The average Bonchev–Trinajstić information content (AvgIpc) is 3.12. The van der Waals surface area contributed by atoms with E-state index in [-0.39, 0.29) is 31.0 Å². The number of benzene rings is 1. The molecule has 11 nitrogen and oxygen atoms in total. The van der Waals surface area contributed by atoms with Crippen molar-refractivity contribution in [3.05, 3.63) is 24.3 Å². The van der Waals surface area contributed by atoms with Crippen molar-refractivity contribution in [1.82, 2.24) is 14.1 Å². The third-order valence-corrected chi connectivity index (χ3v) is 7.95. The Hall–Kier alpha value is -1.77. The lowest BCUT2D eigenvalue weighted by atomic mass is 10.1. The van der Waals surface area contributed by atoms with Gasteiger partial charge in [-0.05, 0) is 43.7 Å². The zero-order valence-electron chi connectivity index (χ0n) is 16.2. The highest BCUT2D eigenvalue weighted by Gasteiger charge is 2.47. The minimum atomic E-state index is -4.14. The number of carbonyl (C=O) groups is 1. The van der Waals surface area contributed by atoms with Gasteiger partial charge in [-0.25, -0.2) is 22.3 Å². The van der Waals surface area contributed by atoms with Crippen LogP contribution in [0, 0.1) is 0 Å². The molecule has 0 unspecified atom stereocenters. The van der Waals surface area contributed by atoms with Crippen molar-refractivity contribution in [3.63, 3.8) is 0 Å². The summed E-state index contributed by atoms with van der Waals surface area (Å²) in [4.78, 5) is 12.1. The molecule has 1 aromatic carbocycles. The quantitative estimate of drug-likeness (QED) is 0.317. The predicted octanol–water partition coefficient (Wildman–Crippen LogP) is -1.06. The van der Waals surface area contributed by atoms with Crippen LogP contribution in [-0.2, 0) is 24.8 Å². The van der Waals surface area contributed by atoms with Gasteiger partial charge in [-0.1, -0.05) is 0 Å². The zero-order chi connectivity index (χ0) is 21.8. The smallest absolute Gasteiger partial charge is 0.261 e. The summed E-state index contributed by atoms with van der Waals surface area (Å²) >= 11 is 0. The van der Waals surface area contributed by atoms with Crippen LogP contribution in [0.4, 0.5) is 0 Å². The number of methoxy groups -OCH3 is 1. The first-order valence-corrected chi connectivity index (χ1v) is 12.1. The second-order valence-corrected chi connectivity index (χ2v) is 10.5. The molecule has 2 atom stereocenters.